The SMILES string of the molecule is C[C@H](CNC(=O)OC(C)(C)C)n1c(C(=O)O)cc2cc(F)c(Cl)cc21. The molecule has 1 heterocycles. The number of carbonyl (C=O) groups is 2. The fourth-order valence-electron chi connectivity index (χ4n) is 2.50. The zero-order valence-corrected chi connectivity index (χ0v) is 15.1. The Balaban J connectivity index is 2.32. The molecule has 1 amide bonds. The van der Waals surface area contributed by atoms with Gasteiger partial charge in [0, 0.05) is 18.0 Å². The second-order valence-corrected chi connectivity index (χ2v) is 7.17. The molecule has 25 heavy (non-hydrogen) atoms. The largest absolute Gasteiger partial charge is 0.477 e. The first-order chi connectivity index (χ1) is 11.5. The summed E-state index contributed by atoms with van der Waals surface area (Å²) in [5, 5.41) is 12.3. The van der Waals surface area contributed by atoms with Gasteiger partial charge in [0.25, 0.3) is 0 Å². The van der Waals surface area contributed by atoms with Crippen LogP contribution in [0.4, 0.5) is 9.18 Å². The number of alkyl carbamates (subject to hydrolysis) is 1. The highest BCUT2D eigenvalue weighted by atomic mass is 35.5. The Kier molecular flexibility index (Phi) is 5.27. The van der Waals surface area contributed by atoms with Gasteiger partial charge in [0.1, 0.15) is 17.1 Å². The highest BCUT2D eigenvalue weighted by Crippen LogP contribution is 2.29. The van der Waals surface area contributed by atoms with E-state index in [2.05, 4.69) is 5.32 Å². The topological polar surface area (TPSA) is 80.6 Å². The minimum absolute atomic E-state index is 0.0184. The molecule has 0 bridgehead atoms. The van der Waals surface area contributed by atoms with Crippen LogP contribution in [0.15, 0.2) is 18.2 Å². The molecular formula is C17H20ClFN2O4. The van der Waals surface area contributed by atoms with Gasteiger partial charge in [0.2, 0.25) is 0 Å². The standard InChI is InChI=1S/C17H20ClFN2O4/c1-9(8-20-16(24)25-17(2,3)4)21-13-7-11(18)12(19)5-10(13)6-14(21)15(22)23/h5-7,9H,8H2,1-4H3,(H,20,24)(H,22,23)/t9-/m1/s1. The van der Waals surface area contributed by atoms with Crippen LogP contribution in [0.5, 0.6) is 0 Å². The summed E-state index contributed by atoms with van der Waals surface area (Å²) in [7, 11) is 0. The third-order valence-corrected chi connectivity index (χ3v) is 3.77. The van der Waals surface area contributed by atoms with Crippen LogP contribution in [0.2, 0.25) is 5.02 Å². The maximum absolute atomic E-state index is 13.6. The van der Waals surface area contributed by atoms with Crippen LogP contribution in [0, 0.1) is 5.82 Å². The number of fused-ring (bicyclic) bond motifs is 1. The summed E-state index contributed by atoms with van der Waals surface area (Å²) >= 11 is 5.83. The number of hydrogen-bond acceptors (Lipinski definition) is 3. The van der Waals surface area contributed by atoms with E-state index >= 15 is 0 Å². The van der Waals surface area contributed by atoms with Gasteiger partial charge in [-0.25, -0.2) is 14.0 Å². The molecule has 6 nitrogen and oxygen atoms in total. The molecule has 0 unspecified atom stereocenters. The molecule has 0 aliphatic rings. The summed E-state index contributed by atoms with van der Waals surface area (Å²) < 4.78 is 20.3. The maximum Gasteiger partial charge on any atom is 0.407 e. The van der Waals surface area contributed by atoms with E-state index in [1.54, 1.807) is 27.7 Å². The maximum atomic E-state index is 13.6. The van der Waals surface area contributed by atoms with Crippen LogP contribution in [0.3, 0.4) is 0 Å². The van der Waals surface area contributed by atoms with Gasteiger partial charge in [-0.2, -0.15) is 0 Å². The summed E-state index contributed by atoms with van der Waals surface area (Å²) in [5.41, 5.74) is -0.178. The first kappa shape index (κ1) is 19.1. The first-order valence-corrected chi connectivity index (χ1v) is 8.07. The Hall–Kier alpha value is -2.28. The summed E-state index contributed by atoms with van der Waals surface area (Å²) in [6.07, 6.45) is -0.600. The van der Waals surface area contributed by atoms with E-state index in [1.165, 1.54) is 22.8 Å². The Morgan fingerprint density at radius 1 is 1.36 bits per heavy atom. The molecule has 8 heteroatoms. The van der Waals surface area contributed by atoms with Crippen molar-refractivity contribution >= 4 is 34.6 Å². The summed E-state index contributed by atoms with van der Waals surface area (Å²) in [5.74, 6) is -1.78. The van der Waals surface area contributed by atoms with E-state index in [4.69, 9.17) is 16.3 Å². The zero-order chi connectivity index (χ0) is 18.9. The number of amides is 1. The molecular weight excluding hydrogens is 351 g/mol. The van der Waals surface area contributed by atoms with Crippen molar-refractivity contribution in [2.45, 2.75) is 39.3 Å². The van der Waals surface area contributed by atoms with E-state index in [1.807, 2.05) is 0 Å². The Labute approximate surface area is 149 Å². The Morgan fingerprint density at radius 2 is 2.00 bits per heavy atom. The van der Waals surface area contributed by atoms with Crippen molar-refractivity contribution in [2.24, 2.45) is 0 Å². The number of benzene rings is 1. The van der Waals surface area contributed by atoms with Crippen molar-refractivity contribution in [1.29, 1.82) is 0 Å². The molecule has 2 aromatic rings. The van der Waals surface area contributed by atoms with Crippen molar-refractivity contribution in [3.63, 3.8) is 0 Å². The molecule has 136 valence electrons. The highest BCUT2D eigenvalue weighted by molar-refractivity contribution is 6.31. The van der Waals surface area contributed by atoms with E-state index in [0.717, 1.165) is 0 Å². The number of aromatic carboxylic acids is 1. The highest BCUT2D eigenvalue weighted by Gasteiger charge is 2.22. The van der Waals surface area contributed by atoms with Gasteiger partial charge in [-0.1, -0.05) is 11.6 Å². The van der Waals surface area contributed by atoms with Crippen molar-refractivity contribution in [1.82, 2.24) is 9.88 Å². The lowest BCUT2D eigenvalue weighted by Gasteiger charge is -2.22. The average Bonchev–Trinajstić information content (AvgIpc) is 2.82. The number of hydrogen-bond donors (Lipinski definition) is 2. The summed E-state index contributed by atoms with van der Waals surface area (Å²) in [4.78, 5) is 23.3. The second-order valence-electron chi connectivity index (χ2n) is 6.76. The molecule has 1 atom stereocenters. The first-order valence-electron chi connectivity index (χ1n) is 7.69. The number of halogens is 2. The van der Waals surface area contributed by atoms with Crippen LogP contribution in [-0.2, 0) is 4.74 Å². The van der Waals surface area contributed by atoms with Gasteiger partial charge in [-0.3, -0.25) is 0 Å². The molecule has 0 saturated carbocycles. The lowest BCUT2D eigenvalue weighted by molar-refractivity contribution is 0.0521. The summed E-state index contributed by atoms with van der Waals surface area (Å²) in [6.45, 7) is 7.10. The fraction of sp³-hybridized carbons (Fsp3) is 0.412. The molecule has 2 rings (SSSR count). The smallest absolute Gasteiger partial charge is 0.407 e. The molecule has 1 aromatic carbocycles. The van der Waals surface area contributed by atoms with Crippen LogP contribution < -0.4 is 5.32 Å². The number of ether oxygens (including phenoxy) is 1. The zero-order valence-electron chi connectivity index (χ0n) is 14.4. The van der Waals surface area contributed by atoms with Crippen molar-refractivity contribution in [3.8, 4) is 0 Å². The van der Waals surface area contributed by atoms with E-state index in [-0.39, 0.29) is 17.3 Å². The normalized spacial score (nSPS) is 12.9. The van der Waals surface area contributed by atoms with Gasteiger partial charge >= 0.3 is 12.1 Å². The van der Waals surface area contributed by atoms with Gasteiger partial charge in [0.15, 0.2) is 0 Å². The minimum atomic E-state index is -1.16. The third-order valence-electron chi connectivity index (χ3n) is 3.48. The molecule has 0 aliphatic carbocycles. The molecule has 1 aromatic heterocycles. The summed E-state index contributed by atoms with van der Waals surface area (Å²) in [6, 6.07) is 3.52. The average molecular weight is 371 g/mol. The monoisotopic (exact) mass is 370 g/mol. The van der Waals surface area contributed by atoms with Crippen molar-refractivity contribution < 1.29 is 23.8 Å². The molecule has 2 N–H and O–H groups in total. The lowest BCUT2D eigenvalue weighted by Crippen LogP contribution is -2.35. The minimum Gasteiger partial charge on any atom is -0.477 e. The molecule has 0 aliphatic heterocycles. The van der Waals surface area contributed by atoms with Crippen LogP contribution in [-0.4, -0.2) is 33.9 Å². The van der Waals surface area contributed by atoms with Gasteiger partial charge < -0.3 is 19.7 Å². The van der Waals surface area contributed by atoms with Crippen molar-refractivity contribution in [3.05, 3.63) is 34.7 Å². The van der Waals surface area contributed by atoms with E-state index in [9.17, 15) is 19.1 Å². The predicted molar refractivity (Wildman–Crippen MR) is 92.8 cm³/mol. The Bertz CT molecular complexity index is 826. The van der Waals surface area contributed by atoms with Gasteiger partial charge in [0.05, 0.1) is 10.5 Å². The van der Waals surface area contributed by atoms with Gasteiger partial charge in [-0.15, -0.1) is 0 Å². The number of nitrogens with zero attached hydrogens (tertiary/aromatic N) is 1. The molecule has 0 spiro atoms. The number of carboxylic acids is 1. The van der Waals surface area contributed by atoms with Crippen LogP contribution >= 0.6 is 11.6 Å². The van der Waals surface area contributed by atoms with Crippen molar-refractivity contribution in [2.75, 3.05) is 6.54 Å². The molecule has 0 saturated heterocycles. The van der Waals surface area contributed by atoms with E-state index < -0.39 is 29.5 Å². The third kappa shape index (κ3) is 4.42. The molecule has 0 radical (unpaired) electrons. The van der Waals surface area contributed by atoms with Crippen LogP contribution in [0.25, 0.3) is 10.9 Å². The van der Waals surface area contributed by atoms with E-state index in [0.29, 0.717) is 10.9 Å². The fourth-order valence-corrected chi connectivity index (χ4v) is 2.66. The Morgan fingerprint density at radius 3 is 2.56 bits per heavy atom. The predicted octanol–water partition coefficient (Wildman–Crippen LogP) is 4.22. The number of nitrogens with one attached hydrogen (secondary N) is 1. The lowest BCUT2D eigenvalue weighted by atomic mass is 10.2. The number of aromatic nitrogens is 1. The molecule has 0 fully saturated rings. The van der Waals surface area contributed by atoms with Gasteiger partial charge in [-0.05, 0) is 45.9 Å². The van der Waals surface area contributed by atoms with Crippen LogP contribution in [0.1, 0.15) is 44.2 Å². The quantitative estimate of drug-likeness (QED) is 0.844. The number of carbonyl (C=O) groups excluding carboxylic acids is 1. The second kappa shape index (κ2) is 6.92. The number of rotatable bonds is 4. The number of carboxylic acid groups (broad SMARTS) is 1.